The molecule has 0 aromatic heterocycles. The Hall–Kier alpha value is -0.940. The van der Waals surface area contributed by atoms with Crippen LogP contribution in [0.3, 0.4) is 0 Å². The van der Waals surface area contributed by atoms with Gasteiger partial charge in [-0.05, 0) is 19.1 Å². The summed E-state index contributed by atoms with van der Waals surface area (Å²) in [7, 11) is -3.79. The third-order valence-electron chi connectivity index (χ3n) is 2.28. The fraction of sp³-hybridized carbons (Fsp3) is 0.500. The predicted molar refractivity (Wildman–Crippen MR) is 64.1 cm³/mol. The molecule has 0 saturated heterocycles. The highest BCUT2D eigenvalue weighted by atomic mass is 32.2. The molecule has 0 unspecified atom stereocenters. The van der Waals surface area contributed by atoms with Crippen LogP contribution in [0.1, 0.15) is 19.4 Å². The molecule has 0 saturated carbocycles. The highest BCUT2D eigenvalue weighted by Crippen LogP contribution is 2.20. The molecule has 0 radical (unpaired) electrons. The van der Waals surface area contributed by atoms with Gasteiger partial charge in [0, 0.05) is 5.41 Å². The number of hydrogen-bond donors (Lipinski definition) is 0. The van der Waals surface area contributed by atoms with Crippen LogP contribution in [0.5, 0.6) is 0 Å². The summed E-state index contributed by atoms with van der Waals surface area (Å²) >= 11 is 0. The van der Waals surface area contributed by atoms with Gasteiger partial charge in [0.15, 0.2) is 0 Å². The van der Waals surface area contributed by atoms with Gasteiger partial charge in [-0.1, -0.05) is 31.5 Å². The number of aryl methyl sites for hydroxylation is 1. The van der Waals surface area contributed by atoms with Gasteiger partial charge < -0.3 is 0 Å². The Balaban J connectivity index is 2.79. The maximum atomic E-state index is 12.5. The van der Waals surface area contributed by atoms with E-state index in [1.165, 1.54) is 12.1 Å². The molecule has 0 aliphatic carbocycles. The lowest BCUT2D eigenvalue weighted by atomic mass is 9.98. The molecular weight excluding hydrogens is 243 g/mol. The van der Waals surface area contributed by atoms with Gasteiger partial charge in [0.2, 0.25) is 0 Å². The minimum Gasteiger partial charge on any atom is -0.266 e. The molecular formula is C12H17FO3S. The van der Waals surface area contributed by atoms with E-state index in [9.17, 15) is 12.8 Å². The average molecular weight is 260 g/mol. The summed E-state index contributed by atoms with van der Waals surface area (Å²) in [6, 6.07) is 6.34. The second-order valence-electron chi connectivity index (χ2n) is 4.83. The highest BCUT2D eigenvalue weighted by Gasteiger charge is 2.23. The molecule has 0 aliphatic heterocycles. The summed E-state index contributed by atoms with van der Waals surface area (Å²) in [4.78, 5) is 0.0951. The van der Waals surface area contributed by atoms with Crippen molar-refractivity contribution in [3.05, 3.63) is 29.8 Å². The molecule has 0 N–H and O–H groups in total. The van der Waals surface area contributed by atoms with Gasteiger partial charge in [-0.3, -0.25) is 8.57 Å². The van der Waals surface area contributed by atoms with Crippen molar-refractivity contribution in [2.45, 2.75) is 25.7 Å². The van der Waals surface area contributed by atoms with Gasteiger partial charge in [0.1, 0.15) is 0 Å². The zero-order valence-corrected chi connectivity index (χ0v) is 11.1. The first-order valence-electron chi connectivity index (χ1n) is 5.29. The molecule has 0 fully saturated rings. The Morgan fingerprint density at radius 2 is 1.76 bits per heavy atom. The van der Waals surface area contributed by atoms with E-state index in [2.05, 4.69) is 0 Å². The minimum atomic E-state index is -3.79. The zero-order valence-electron chi connectivity index (χ0n) is 10.2. The first-order valence-corrected chi connectivity index (χ1v) is 6.70. The molecule has 3 nitrogen and oxygen atoms in total. The molecule has 1 aromatic rings. The molecule has 17 heavy (non-hydrogen) atoms. The second kappa shape index (κ2) is 5.14. The fourth-order valence-electron chi connectivity index (χ4n) is 1.05. The molecule has 0 amide bonds. The summed E-state index contributed by atoms with van der Waals surface area (Å²) in [5, 5.41) is 0. The topological polar surface area (TPSA) is 43.4 Å². The average Bonchev–Trinajstić information content (AvgIpc) is 2.27. The maximum Gasteiger partial charge on any atom is 0.296 e. The summed E-state index contributed by atoms with van der Waals surface area (Å²) in [6.07, 6.45) is 0. The van der Waals surface area contributed by atoms with Crippen LogP contribution >= 0.6 is 0 Å². The number of rotatable bonds is 5. The molecule has 0 aliphatic rings. The normalized spacial score (nSPS) is 12.7. The van der Waals surface area contributed by atoms with E-state index >= 15 is 0 Å². The summed E-state index contributed by atoms with van der Waals surface area (Å²) < 4.78 is 40.9. The Labute approximate surface area is 102 Å². The molecule has 0 atom stereocenters. The Morgan fingerprint density at radius 3 is 2.24 bits per heavy atom. The number of hydrogen-bond acceptors (Lipinski definition) is 3. The summed E-state index contributed by atoms with van der Waals surface area (Å²) in [6.45, 7) is 4.29. The Bertz CT molecular complexity index is 463. The van der Waals surface area contributed by atoms with Crippen LogP contribution in [0, 0.1) is 12.3 Å². The molecule has 1 rings (SSSR count). The standard InChI is InChI=1S/C12H17FO3S/c1-10-4-6-11(7-5-10)17(14,15)16-9-12(2,3)8-13/h4-7H,8-9H2,1-3H3. The van der Waals surface area contributed by atoms with Gasteiger partial charge in [-0.15, -0.1) is 0 Å². The smallest absolute Gasteiger partial charge is 0.266 e. The first kappa shape index (κ1) is 14.1. The predicted octanol–water partition coefficient (Wildman–Crippen LogP) is 2.70. The van der Waals surface area contributed by atoms with Gasteiger partial charge >= 0.3 is 0 Å². The highest BCUT2D eigenvalue weighted by molar-refractivity contribution is 7.86. The number of alkyl halides is 1. The van der Waals surface area contributed by atoms with Crippen LogP contribution in [0.2, 0.25) is 0 Å². The lowest BCUT2D eigenvalue weighted by molar-refractivity contribution is 0.149. The van der Waals surface area contributed by atoms with Gasteiger partial charge in [-0.2, -0.15) is 8.42 Å². The molecule has 96 valence electrons. The quantitative estimate of drug-likeness (QED) is 0.764. The van der Waals surface area contributed by atoms with Crippen LogP contribution in [-0.4, -0.2) is 21.7 Å². The fourth-order valence-corrected chi connectivity index (χ4v) is 2.13. The SMILES string of the molecule is Cc1ccc(S(=O)(=O)OCC(C)(C)CF)cc1. The van der Waals surface area contributed by atoms with Crippen molar-refractivity contribution in [1.29, 1.82) is 0 Å². The van der Waals surface area contributed by atoms with Crippen LogP contribution in [-0.2, 0) is 14.3 Å². The summed E-state index contributed by atoms with van der Waals surface area (Å²) in [5.74, 6) is 0. The zero-order chi connectivity index (χ0) is 13.1. The molecule has 5 heteroatoms. The monoisotopic (exact) mass is 260 g/mol. The van der Waals surface area contributed by atoms with Crippen LogP contribution in [0.25, 0.3) is 0 Å². The Morgan fingerprint density at radius 1 is 1.24 bits per heavy atom. The Kier molecular flexibility index (Phi) is 4.27. The van der Waals surface area contributed by atoms with Gasteiger partial charge in [0.25, 0.3) is 10.1 Å². The van der Waals surface area contributed by atoms with Gasteiger partial charge in [-0.25, -0.2) is 0 Å². The lowest BCUT2D eigenvalue weighted by Crippen LogP contribution is -2.24. The van der Waals surface area contributed by atoms with Crippen molar-refractivity contribution < 1.29 is 17.0 Å². The third kappa shape index (κ3) is 4.09. The maximum absolute atomic E-state index is 12.5. The molecule has 0 heterocycles. The van der Waals surface area contributed by atoms with Crippen LogP contribution < -0.4 is 0 Å². The third-order valence-corrected chi connectivity index (χ3v) is 3.55. The number of benzene rings is 1. The van der Waals surface area contributed by atoms with E-state index in [-0.39, 0.29) is 11.5 Å². The van der Waals surface area contributed by atoms with Gasteiger partial charge in [0.05, 0.1) is 18.2 Å². The largest absolute Gasteiger partial charge is 0.296 e. The minimum absolute atomic E-state index is 0.0951. The van der Waals surface area contributed by atoms with Crippen molar-refractivity contribution in [2.24, 2.45) is 5.41 Å². The van der Waals surface area contributed by atoms with Crippen molar-refractivity contribution in [3.8, 4) is 0 Å². The molecule has 0 bridgehead atoms. The summed E-state index contributed by atoms with van der Waals surface area (Å²) in [5.41, 5.74) is 0.172. The van der Waals surface area contributed by atoms with E-state index < -0.39 is 22.2 Å². The number of halogens is 1. The van der Waals surface area contributed by atoms with Crippen LogP contribution in [0.15, 0.2) is 29.2 Å². The van der Waals surface area contributed by atoms with Crippen molar-refractivity contribution >= 4 is 10.1 Å². The molecule has 1 aromatic carbocycles. The van der Waals surface area contributed by atoms with Crippen molar-refractivity contribution in [1.82, 2.24) is 0 Å². The van der Waals surface area contributed by atoms with E-state index in [0.717, 1.165) is 5.56 Å². The first-order chi connectivity index (χ1) is 7.77. The van der Waals surface area contributed by atoms with E-state index in [1.54, 1.807) is 26.0 Å². The van der Waals surface area contributed by atoms with E-state index in [1.807, 2.05) is 6.92 Å². The van der Waals surface area contributed by atoms with Crippen LogP contribution in [0.4, 0.5) is 4.39 Å². The van der Waals surface area contributed by atoms with E-state index in [0.29, 0.717) is 0 Å². The van der Waals surface area contributed by atoms with Crippen molar-refractivity contribution in [3.63, 3.8) is 0 Å². The second-order valence-corrected chi connectivity index (χ2v) is 6.44. The molecule has 0 spiro atoms. The van der Waals surface area contributed by atoms with E-state index in [4.69, 9.17) is 4.18 Å². The lowest BCUT2D eigenvalue weighted by Gasteiger charge is -2.19. The van der Waals surface area contributed by atoms with Crippen molar-refractivity contribution in [2.75, 3.05) is 13.3 Å².